The highest BCUT2D eigenvalue weighted by molar-refractivity contribution is 7.89. The Morgan fingerprint density at radius 2 is 1.60 bits per heavy atom. The minimum atomic E-state index is -3.54. The molecule has 7 heteroatoms. The maximum Gasteiger partial charge on any atom is 0.243 e. The topological polar surface area (TPSA) is 66.5 Å². The number of hydrogen-bond donors (Lipinski definition) is 1. The second-order valence-electron chi connectivity index (χ2n) is 5.96. The molecular weight excluding hydrogens is 343 g/mol. The molecule has 1 fully saturated rings. The number of carbonyl (C=O) groups is 1. The Morgan fingerprint density at radius 3 is 2.24 bits per heavy atom. The number of nitrogens with zero attached hydrogens (tertiary/aromatic N) is 1. The van der Waals surface area contributed by atoms with Gasteiger partial charge in [-0.3, -0.25) is 4.79 Å². The lowest BCUT2D eigenvalue weighted by Gasteiger charge is -2.30. The summed E-state index contributed by atoms with van der Waals surface area (Å²) >= 11 is 0. The molecule has 1 amide bonds. The van der Waals surface area contributed by atoms with Crippen LogP contribution in [-0.2, 0) is 14.8 Å². The van der Waals surface area contributed by atoms with Gasteiger partial charge in [0.1, 0.15) is 5.82 Å². The predicted molar refractivity (Wildman–Crippen MR) is 93.0 cm³/mol. The van der Waals surface area contributed by atoms with Gasteiger partial charge < -0.3 is 5.32 Å². The molecule has 0 aliphatic carbocycles. The van der Waals surface area contributed by atoms with E-state index in [2.05, 4.69) is 5.32 Å². The minimum Gasteiger partial charge on any atom is -0.323 e. The van der Waals surface area contributed by atoms with E-state index >= 15 is 0 Å². The fourth-order valence-electron chi connectivity index (χ4n) is 2.90. The van der Waals surface area contributed by atoms with Gasteiger partial charge in [0.05, 0.1) is 10.6 Å². The van der Waals surface area contributed by atoms with Crippen molar-refractivity contribution in [2.75, 3.05) is 18.4 Å². The molecule has 0 atom stereocenters. The summed E-state index contributed by atoms with van der Waals surface area (Å²) in [5.41, 5.74) is 0.145. The van der Waals surface area contributed by atoms with Crippen molar-refractivity contribution >= 4 is 21.6 Å². The van der Waals surface area contributed by atoms with Gasteiger partial charge in [0, 0.05) is 19.0 Å². The minimum absolute atomic E-state index is 0.145. The molecule has 1 saturated heterocycles. The maximum atomic E-state index is 13.6. The van der Waals surface area contributed by atoms with E-state index in [1.807, 2.05) is 0 Å². The standard InChI is InChI=1S/C18H19FN2O3S/c19-16-8-4-5-9-17(16)20-18(22)14-10-12-21(13-11-14)25(23,24)15-6-2-1-3-7-15/h1-9,14H,10-13H2,(H,20,22). The summed E-state index contributed by atoms with van der Waals surface area (Å²) in [5.74, 6) is -1.09. The Labute approximate surface area is 146 Å². The molecule has 0 spiro atoms. The zero-order chi connectivity index (χ0) is 17.9. The Bertz CT molecular complexity index is 848. The normalized spacial score (nSPS) is 16.5. The summed E-state index contributed by atoms with van der Waals surface area (Å²) < 4.78 is 40.2. The van der Waals surface area contributed by atoms with Gasteiger partial charge in [-0.15, -0.1) is 0 Å². The SMILES string of the molecule is O=C(Nc1ccccc1F)C1CCN(S(=O)(=O)c2ccccc2)CC1. The maximum absolute atomic E-state index is 13.6. The van der Waals surface area contributed by atoms with E-state index in [0.717, 1.165) is 0 Å². The first kappa shape index (κ1) is 17.6. The van der Waals surface area contributed by atoms with Crippen molar-refractivity contribution in [2.45, 2.75) is 17.7 Å². The van der Waals surface area contributed by atoms with Crippen molar-refractivity contribution in [3.8, 4) is 0 Å². The van der Waals surface area contributed by atoms with E-state index in [-0.39, 0.29) is 35.5 Å². The van der Waals surface area contributed by atoms with Crippen molar-refractivity contribution in [1.82, 2.24) is 4.31 Å². The molecule has 0 unspecified atom stereocenters. The van der Waals surface area contributed by atoms with Gasteiger partial charge >= 0.3 is 0 Å². The van der Waals surface area contributed by atoms with Crippen LogP contribution in [0.25, 0.3) is 0 Å². The molecule has 0 bridgehead atoms. The smallest absolute Gasteiger partial charge is 0.243 e. The molecular formula is C18H19FN2O3S. The van der Waals surface area contributed by atoms with Gasteiger partial charge in [0.25, 0.3) is 0 Å². The third kappa shape index (κ3) is 3.88. The summed E-state index contributed by atoms with van der Waals surface area (Å²) in [6.07, 6.45) is 0.818. The number of sulfonamides is 1. The van der Waals surface area contributed by atoms with Crippen molar-refractivity contribution < 1.29 is 17.6 Å². The number of benzene rings is 2. The molecule has 0 aromatic heterocycles. The van der Waals surface area contributed by atoms with Crippen LogP contribution in [0.2, 0.25) is 0 Å². The van der Waals surface area contributed by atoms with E-state index in [0.29, 0.717) is 12.8 Å². The van der Waals surface area contributed by atoms with Crippen LogP contribution in [0.1, 0.15) is 12.8 Å². The Hall–Kier alpha value is -2.25. The number of piperidine rings is 1. The summed E-state index contributed by atoms with van der Waals surface area (Å²) in [4.78, 5) is 12.6. The molecule has 2 aromatic carbocycles. The molecule has 0 radical (unpaired) electrons. The first-order chi connectivity index (χ1) is 12.0. The van der Waals surface area contributed by atoms with Gasteiger partial charge in [-0.2, -0.15) is 4.31 Å². The lowest BCUT2D eigenvalue weighted by Crippen LogP contribution is -2.41. The lowest BCUT2D eigenvalue weighted by atomic mass is 9.97. The zero-order valence-corrected chi connectivity index (χ0v) is 14.4. The van der Waals surface area contributed by atoms with Crippen LogP contribution in [0.4, 0.5) is 10.1 Å². The number of amides is 1. The Kier molecular flexibility index (Phi) is 5.15. The van der Waals surface area contributed by atoms with Crippen molar-refractivity contribution in [2.24, 2.45) is 5.92 Å². The van der Waals surface area contributed by atoms with Crippen molar-refractivity contribution in [3.63, 3.8) is 0 Å². The average molecular weight is 362 g/mol. The van der Waals surface area contributed by atoms with Crippen molar-refractivity contribution in [1.29, 1.82) is 0 Å². The summed E-state index contributed by atoms with van der Waals surface area (Å²) in [7, 11) is -3.54. The molecule has 132 valence electrons. The first-order valence-corrected chi connectivity index (χ1v) is 9.53. The van der Waals surface area contributed by atoms with Gasteiger partial charge in [-0.25, -0.2) is 12.8 Å². The van der Waals surface area contributed by atoms with Crippen LogP contribution < -0.4 is 5.32 Å². The molecule has 1 N–H and O–H groups in total. The molecule has 25 heavy (non-hydrogen) atoms. The molecule has 1 aliphatic rings. The van der Waals surface area contributed by atoms with Gasteiger partial charge in [0.15, 0.2) is 0 Å². The average Bonchev–Trinajstić information content (AvgIpc) is 2.64. The second kappa shape index (κ2) is 7.33. The van der Waals surface area contributed by atoms with Gasteiger partial charge in [0.2, 0.25) is 15.9 Å². The molecule has 2 aromatic rings. The molecule has 3 rings (SSSR count). The van der Waals surface area contributed by atoms with E-state index < -0.39 is 15.8 Å². The third-order valence-electron chi connectivity index (χ3n) is 4.34. The Balaban J connectivity index is 1.62. The summed E-state index contributed by atoms with van der Waals surface area (Å²) in [5, 5.41) is 2.58. The molecule has 0 saturated carbocycles. The van der Waals surface area contributed by atoms with Crippen LogP contribution >= 0.6 is 0 Å². The number of carbonyl (C=O) groups excluding carboxylic acids is 1. The highest BCUT2D eigenvalue weighted by Crippen LogP contribution is 2.25. The quantitative estimate of drug-likeness (QED) is 0.909. The number of halogens is 1. The van der Waals surface area contributed by atoms with Crippen molar-refractivity contribution in [3.05, 3.63) is 60.4 Å². The molecule has 5 nitrogen and oxygen atoms in total. The number of rotatable bonds is 4. The lowest BCUT2D eigenvalue weighted by molar-refractivity contribution is -0.120. The molecule has 1 aliphatic heterocycles. The Morgan fingerprint density at radius 1 is 1.00 bits per heavy atom. The third-order valence-corrected chi connectivity index (χ3v) is 6.25. The molecule has 1 heterocycles. The number of nitrogens with one attached hydrogen (secondary N) is 1. The van der Waals surface area contributed by atoms with E-state index in [1.165, 1.54) is 16.4 Å². The van der Waals surface area contributed by atoms with Gasteiger partial charge in [-0.05, 0) is 37.1 Å². The zero-order valence-electron chi connectivity index (χ0n) is 13.6. The van der Waals surface area contributed by atoms with E-state index in [4.69, 9.17) is 0 Å². The van der Waals surface area contributed by atoms with Crippen LogP contribution in [0.5, 0.6) is 0 Å². The van der Waals surface area contributed by atoms with Crippen LogP contribution in [-0.4, -0.2) is 31.7 Å². The number of anilines is 1. The predicted octanol–water partition coefficient (Wildman–Crippen LogP) is 2.87. The van der Waals surface area contributed by atoms with Crippen LogP contribution in [0, 0.1) is 11.7 Å². The van der Waals surface area contributed by atoms with E-state index in [9.17, 15) is 17.6 Å². The van der Waals surface area contributed by atoms with Gasteiger partial charge in [-0.1, -0.05) is 30.3 Å². The number of hydrogen-bond acceptors (Lipinski definition) is 3. The van der Waals surface area contributed by atoms with Crippen LogP contribution in [0.3, 0.4) is 0 Å². The number of para-hydroxylation sites is 1. The monoisotopic (exact) mass is 362 g/mol. The summed E-state index contributed by atoms with van der Waals surface area (Å²) in [6.45, 7) is 0.541. The second-order valence-corrected chi connectivity index (χ2v) is 7.90. The summed E-state index contributed by atoms with van der Waals surface area (Å²) in [6, 6.07) is 14.2. The fraction of sp³-hybridized carbons (Fsp3) is 0.278. The fourth-order valence-corrected chi connectivity index (χ4v) is 4.39. The first-order valence-electron chi connectivity index (χ1n) is 8.09. The van der Waals surface area contributed by atoms with E-state index in [1.54, 1.807) is 42.5 Å². The van der Waals surface area contributed by atoms with Crippen LogP contribution in [0.15, 0.2) is 59.5 Å². The highest BCUT2D eigenvalue weighted by Gasteiger charge is 2.32. The highest BCUT2D eigenvalue weighted by atomic mass is 32.2. The largest absolute Gasteiger partial charge is 0.323 e.